The van der Waals surface area contributed by atoms with Gasteiger partial charge in [0, 0.05) is 13.7 Å². The molecule has 0 radical (unpaired) electrons. The minimum atomic E-state index is -0.465. The number of methoxy groups -OCH3 is 1. The van der Waals surface area contributed by atoms with Crippen molar-refractivity contribution >= 4 is 6.09 Å². The molecule has 1 atom stereocenters. The quantitative estimate of drug-likeness (QED) is 0.718. The van der Waals surface area contributed by atoms with Crippen molar-refractivity contribution in [2.24, 2.45) is 0 Å². The van der Waals surface area contributed by atoms with Gasteiger partial charge in [0.2, 0.25) is 0 Å². The second-order valence-corrected chi connectivity index (χ2v) is 4.86. The normalized spacial score (nSPS) is 22.0. The topological polar surface area (TPSA) is 48.0 Å². The third-order valence-corrected chi connectivity index (χ3v) is 2.21. The van der Waals surface area contributed by atoms with Crippen LogP contribution >= 0.6 is 0 Å². The Labute approximate surface area is 96.6 Å². The number of morpholine rings is 1. The van der Waals surface area contributed by atoms with Gasteiger partial charge in [-0.1, -0.05) is 0 Å². The predicted molar refractivity (Wildman–Crippen MR) is 59.4 cm³/mol. The first-order valence-electron chi connectivity index (χ1n) is 5.50. The van der Waals surface area contributed by atoms with Gasteiger partial charge in [0.25, 0.3) is 0 Å². The summed E-state index contributed by atoms with van der Waals surface area (Å²) >= 11 is 0. The van der Waals surface area contributed by atoms with Crippen molar-refractivity contribution in [3.63, 3.8) is 0 Å². The summed E-state index contributed by atoms with van der Waals surface area (Å²) < 4.78 is 15.7. The molecule has 1 fully saturated rings. The smallest absolute Gasteiger partial charge is 0.410 e. The van der Waals surface area contributed by atoms with Crippen molar-refractivity contribution in [1.82, 2.24) is 4.90 Å². The molecule has 0 N–H and O–H groups in total. The molecule has 1 aliphatic rings. The number of carbonyl (C=O) groups is 1. The van der Waals surface area contributed by atoms with E-state index in [0.29, 0.717) is 26.4 Å². The zero-order valence-electron chi connectivity index (χ0n) is 10.5. The van der Waals surface area contributed by atoms with Gasteiger partial charge in [-0.2, -0.15) is 0 Å². The number of amides is 1. The zero-order chi connectivity index (χ0) is 12.2. The van der Waals surface area contributed by atoms with E-state index in [4.69, 9.17) is 14.2 Å². The molecule has 0 aliphatic carbocycles. The Hall–Kier alpha value is -0.810. The minimum Gasteiger partial charge on any atom is -0.444 e. The van der Waals surface area contributed by atoms with Gasteiger partial charge < -0.3 is 14.2 Å². The maximum absolute atomic E-state index is 11.9. The maximum atomic E-state index is 11.9. The van der Waals surface area contributed by atoms with E-state index in [1.54, 1.807) is 12.0 Å². The van der Waals surface area contributed by atoms with Gasteiger partial charge in [0.05, 0.1) is 25.9 Å². The molecular formula is C11H21NO4. The van der Waals surface area contributed by atoms with Gasteiger partial charge in [-0.15, -0.1) is 0 Å². The van der Waals surface area contributed by atoms with Gasteiger partial charge >= 0.3 is 6.09 Å². The highest BCUT2D eigenvalue weighted by molar-refractivity contribution is 5.68. The van der Waals surface area contributed by atoms with Crippen molar-refractivity contribution in [2.75, 3.05) is 33.5 Å². The molecule has 0 saturated carbocycles. The lowest BCUT2D eigenvalue weighted by molar-refractivity contribution is -0.0491. The lowest BCUT2D eigenvalue weighted by Gasteiger charge is -2.36. The summed E-state index contributed by atoms with van der Waals surface area (Å²) in [6.07, 6.45) is -0.294. The fraction of sp³-hybridized carbons (Fsp3) is 0.909. The first-order chi connectivity index (χ1) is 7.44. The number of hydrogen-bond acceptors (Lipinski definition) is 4. The number of nitrogens with zero attached hydrogens (tertiary/aromatic N) is 1. The van der Waals surface area contributed by atoms with Crippen LogP contribution in [0.5, 0.6) is 0 Å². The van der Waals surface area contributed by atoms with Crippen LogP contribution in [0, 0.1) is 0 Å². The molecule has 1 rings (SSSR count). The monoisotopic (exact) mass is 231 g/mol. The maximum Gasteiger partial charge on any atom is 0.410 e. The molecule has 1 heterocycles. The van der Waals surface area contributed by atoms with E-state index in [0.717, 1.165) is 0 Å². The zero-order valence-corrected chi connectivity index (χ0v) is 10.5. The van der Waals surface area contributed by atoms with E-state index in [9.17, 15) is 4.79 Å². The third-order valence-electron chi connectivity index (χ3n) is 2.21. The average Bonchev–Trinajstić information content (AvgIpc) is 2.16. The largest absolute Gasteiger partial charge is 0.444 e. The Bertz CT molecular complexity index is 235. The average molecular weight is 231 g/mol. The van der Waals surface area contributed by atoms with E-state index < -0.39 is 5.60 Å². The lowest BCUT2D eigenvalue weighted by atomic mass is 10.2. The summed E-state index contributed by atoms with van der Waals surface area (Å²) in [6, 6.07) is -0.0476. The van der Waals surface area contributed by atoms with E-state index in [1.165, 1.54) is 0 Å². The van der Waals surface area contributed by atoms with Crippen LogP contribution in [0.4, 0.5) is 4.79 Å². The van der Waals surface area contributed by atoms with Crippen LogP contribution in [0.15, 0.2) is 0 Å². The molecule has 1 amide bonds. The van der Waals surface area contributed by atoms with Crippen molar-refractivity contribution in [3.05, 3.63) is 0 Å². The van der Waals surface area contributed by atoms with Crippen LogP contribution in [0.3, 0.4) is 0 Å². The van der Waals surface area contributed by atoms with Gasteiger partial charge in [-0.3, -0.25) is 4.90 Å². The molecule has 0 bridgehead atoms. The number of rotatable bonds is 2. The second-order valence-electron chi connectivity index (χ2n) is 4.86. The van der Waals surface area contributed by atoms with E-state index >= 15 is 0 Å². The fourth-order valence-electron chi connectivity index (χ4n) is 1.55. The first kappa shape index (κ1) is 13.3. The summed E-state index contributed by atoms with van der Waals surface area (Å²) in [5.41, 5.74) is -0.465. The van der Waals surface area contributed by atoms with Crippen LogP contribution in [0.2, 0.25) is 0 Å². The number of hydrogen-bond donors (Lipinski definition) is 0. The Morgan fingerprint density at radius 3 is 2.75 bits per heavy atom. The van der Waals surface area contributed by atoms with E-state index in [2.05, 4.69) is 0 Å². The lowest BCUT2D eigenvalue weighted by Crippen LogP contribution is -2.52. The molecule has 0 spiro atoms. The molecule has 1 saturated heterocycles. The van der Waals surface area contributed by atoms with Crippen LogP contribution in [-0.4, -0.2) is 56.1 Å². The second kappa shape index (κ2) is 5.50. The molecule has 0 aromatic rings. The highest BCUT2D eigenvalue weighted by atomic mass is 16.6. The number of ether oxygens (including phenoxy) is 3. The van der Waals surface area contributed by atoms with Crippen molar-refractivity contribution in [2.45, 2.75) is 32.4 Å². The van der Waals surface area contributed by atoms with Crippen LogP contribution in [0.1, 0.15) is 20.8 Å². The molecule has 5 nitrogen and oxygen atoms in total. The fourth-order valence-corrected chi connectivity index (χ4v) is 1.55. The minimum absolute atomic E-state index is 0.0476. The van der Waals surface area contributed by atoms with E-state index in [1.807, 2.05) is 20.8 Å². The van der Waals surface area contributed by atoms with E-state index in [-0.39, 0.29) is 12.1 Å². The predicted octanol–water partition coefficient (Wildman–Crippen LogP) is 1.27. The summed E-state index contributed by atoms with van der Waals surface area (Å²) in [4.78, 5) is 13.6. The summed E-state index contributed by atoms with van der Waals surface area (Å²) in [5, 5.41) is 0. The molecule has 94 valence electrons. The first-order valence-corrected chi connectivity index (χ1v) is 5.50. The van der Waals surface area contributed by atoms with Crippen molar-refractivity contribution in [3.8, 4) is 0 Å². The standard InChI is InChI=1S/C11H21NO4/c1-11(2,3)16-10(13)12-5-6-15-8-9(12)7-14-4/h9H,5-8H2,1-4H3. The summed E-state index contributed by atoms with van der Waals surface area (Å²) in [7, 11) is 1.61. The van der Waals surface area contributed by atoms with Crippen LogP contribution in [0.25, 0.3) is 0 Å². The Morgan fingerprint density at radius 2 is 2.19 bits per heavy atom. The van der Waals surface area contributed by atoms with Crippen LogP contribution < -0.4 is 0 Å². The summed E-state index contributed by atoms with van der Waals surface area (Å²) in [5.74, 6) is 0. The van der Waals surface area contributed by atoms with Gasteiger partial charge in [-0.05, 0) is 20.8 Å². The van der Waals surface area contributed by atoms with Crippen LogP contribution in [-0.2, 0) is 14.2 Å². The Morgan fingerprint density at radius 1 is 1.50 bits per heavy atom. The van der Waals surface area contributed by atoms with Gasteiger partial charge in [0.15, 0.2) is 0 Å². The molecule has 0 aromatic carbocycles. The SMILES string of the molecule is COCC1COCCN1C(=O)OC(C)(C)C. The molecule has 16 heavy (non-hydrogen) atoms. The Kier molecular flexibility index (Phi) is 4.56. The number of carbonyl (C=O) groups excluding carboxylic acids is 1. The molecule has 0 aromatic heterocycles. The highest BCUT2D eigenvalue weighted by Gasteiger charge is 2.30. The molecule has 5 heteroatoms. The molecule has 1 aliphatic heterocycles. The van der Waals surface area contributed by atoms with Crippen molar-refractivity contribution < 1.29 is 19.0 Å². The third kappa shape index (κ3) is 3.98. The summed E-state index contributed by atoms with van der Waals surface area (Å²) in [6.45, 7) is 7.67. The molecule has 1 unspecified atom stereocenters. The highest BCUT2D eigenvalue weighted by Crippen LogP contribution is 2.14. The van der Waals surface area contributed by atoms with Crippen molar-refractivity contribution in [1.29, 1.82) is 0 Å². The van der Waals surface area contributed by atoms with Gasteiger partial charge in [0.1, 0.15) is 5.60 Å². The molecular weight excluding hydrogens is 210 g/mol. The van der Waals surface area contributed by atoms with Gasteiger partial charge in [-0.25, -0.2) is 4.79 Å². The Balaban J connectivity index is 2.57.